The summed E-state index contributed by atoms with van der Waals surface area (Å²) in [4.78, 5) is 26.4. The molecule has 0 unspecified atom stereocenters. The van der Waals surface area contributed by atoms with Gasteiger partial charge in [-0.05, 0) is 43.1 Å². The molecule has 0 saturated carbocycles. The van der Waals surface area contributed by atoms with Gasteiger partial charge in [-0.15, -0.1) is 11.3 Å². The summed E-state index contributed by atoms with van der Waals surface area (Å²) >= 11 is 1.62. The van der Waals surface area contributed by atoms with Gasteiger partial charge in [0.05, 0.1) is 11.2 Å². The smallest absolute Gasteiger partial charge is 0.362 e. The number of thiazole rings is 1. The summed E-state index contributed by atoms with van der Waals surface area (Å²) in [5, 5.41) is 0. The summed E-state index contributed by atoms with van der Waals surface area (Å²) in [6, 6.07) is 3.88. The zero-order chi connectivity index (χ0) is 17.4. The first kappa shape index (κ1) is 17.2. The summed E-state index contributed by atoms with van der Waals surface area (Å²) in [5.41, 5.74) is 6.10. The molecule has 1 aromatic carbocycles. The fraction of sp³-hybridized carbons (Fsp3) is 0.471. The van der Waals surface area contributed by atoms with Gasteiger partial charge < -0.3 is 14.5 Å². The molecular formula is C17H21N2O4PS. The standard InChI is InChI=1S/C17H21N2O4PS/c20-24(21,22)11-23-14-5-4-12(9-19-6-2-1-3-7-19)13-8-15-17(16(13)14)18-10-25-15/h4-5,10H,1-3,6-9,11H2,(H2,20,21,22). The topological polar surface area (TPSA) is 82.9 Å². The van der Waals surface area contributed by atoms with Crippen LogP contribution in [0.5, 0.6) is 5.75 Å². The molecule has 1 saturated heterocycles. The van der Waals surface area contributed by atoms with Crippen LogP contribution in [0.2, 0.25) is 0 Å². The molecule has 4 rings (SSSR count). The molecule has 25 heavy (non-hydrogen) atoms. The number of likely N-dealkylation sites (tertiary alicyclic amines) is 1. The number of hydrogen-bond acceptors (Lipinski definition) is 5. The number of piperidine rings is 1. The Labute approximate surface area is 150 Å². The maximum absolute atomic E-state index is 11.2. The lowest BCUT2D eigenvalue weighted by Gasteiger charge is -2.27. The van der Waals surface area contributed by atoms with E-state index in [9.17, 15) is 4.57 Å². The monoisotopic (exact) mass is 380 g/mol. The Hall–Kier alpha value is -1.24. The first-order valence-electron chi connectivity index (χ1n) is 8.48. The molecule has 0 spiro atoms. The average Bonchev–Trinajstić information content (AvgIpc) is 3.16. The predicted molar refractivity (Wildman–Crippen MR) is 97.0 cm³/mol. The van der Waals surface area contributed by atoms with E-state index in [0.717, 1.165) is 37.3 Å². The van der Waals surface area contributed by atoms with Crippen LogP contribution in [-0.4, -0.2) is 39.1 Å². The highest BCUT2D eigenvalue weighted by atomic mass is 32.1. The fourth-order valence-corrected chi connectivity index (χ4v) is 4.76. The summed E-state index contributed by atoms with van der Waals surface area (Å²) < 4.78 is 16.7. The van der Waals surface area contributed by atoms with Crippen molar-refractivity contribution in [2.75, 3.05) is 19.4 Å². The number of rotatable bonds is 5. The second kappa shape index (κ2) is 6.82. The van der Waals surface area contributed by atoms with Gasteiger partial charge in [0.1, 0.15) is 5.75 Å². The molecule has 1 aliphatic heterocycles. The minimum Gasteiger partial charge on any atom is -0.480 e. The number of ether oxygens (including phenoxy) is 1. The van der Waals surface area contributed by atoms with E-state index in [1.807, 2.05) is 17.6 Å². The van der Waals surface area contributed by atoms with Crippen LogP contribution >= 0.6 is 18.9 Å². The number of fused-ring (bicyclic) bond motifs is 3. The van der Waals surface area contributed by atoms with Crippen LogP contribution in [0.15, 0.2) is 17.6 Å². The first-order chi connectivity index (χ1) is 12.0. The lowest BCUT2D eigenvalue weighted by Crippen LogP contribution is -2.29. The van der Waals surface area contributed by atoms with Crippen LogP contribution in [0, 0.1) is 0 Å². The number of aromatic nitrogens is 1. The Bertz CT molecular complexity index is 826. The molecule has 0 atom stereocenters. The molecule has 2 heterocycles. The van der Waals surface area contributed by atoms with E-state index in [0.29, 0.717) is 5.75 Å². The van der Waals surface area contributed by atoms with Crippen LogP contribution in [0.4, 0.5) is 0 Å². The Morgan fingerprint density at radius 3 is 2.80 bits per heavy atom. The maximum atomic E-state index is 11.2. The largest absolute Gasteiger partial charge is 0.480 e. The van der Waals surface area contributed by atoms with Crippen LogP contribution in [-0.2, 0) is 17.5 Å². The lowest BCUT2D eigenvalue weighted by atomic mass is 10.00. The Morgan fingerprint density at radius 1 is 1.24 bits per heavy atom. The van der Waals surface area contributed by atoms with Gasteiger partial charge in [-0.3, -0.25) is 9.46 Å². The van der Waals surface area contributed by atoms with Gasteiger partial charge in [0.15, 0.2) is 6.35 Å². The Kier molecular flexibility index (Phi) is 4.69. The molecule has 2 aliphatic rings. The molecule has 2 N–H and O–H groups in total. The SMILES string of the molecule is O=P(O)(O)COc1ccc(CN2CCCCC2)c2c1-c1ncsc1C2. The van der Waals surface area contributed by atoms with E-state index < -0.39 is 13.9 Å². The molecular weight excluding hydrogens is 359 g/mol. The summed E-state index contributed by atoms with van der Waals surface area (Å²) in [5.74, 6) is 0.519. The van der Waals surface area contributed by atoms with Crippen LogP contribution in [0.1, 0.15) is 35.3 Å². The highest BCUT2D eigenvalue weighted by Gasteiger charge is 2.29. The van der Waals surface area contributed by atoms with E-state index in [-0.39, 0.29) is 0 Å². The number of nitrogens with zero attached hydrogens (tertiary/aromatic N) is 2. The van der Waals surface area contributed by atoms with Gasteiger partial charge >= 0.3 is 7.60 Å². The molecule has 8 heteroatoms. The minimum atomic E-state index is -4.21. The second-order valence-corrected chi connectivity index (χ2v) is 9.18. The minimum absolute atomic E-state index is 0.519. The van der Waals surface area contributed by atoms with Crippen molar-refractivity contribution in [3.05, 3.63) is 33.6 Å². The van der Waals surface area contributed by atoms with Crippen LogP contribution < -0.4 is 4.74 Å². The van der Waals surface area contributed by atoms with Crippen molar-refractivity contribution in [3.63, 3.8) is 0 Å². The third kappa shape index (κ3) is 3.66. The molecule has 0 amide bonds. The van der Waals surface area contributed by atoms with Crippen molar-refractivity contribution >= 4 is 18.9 Å². The van der Waals surface area contributed by atoms with Gasteiger partial charge in [-0.1, -0.05) is 12.5 Å². The van der Waals surface area contributed by atoms with Gasteiger partial charge in [0.2, 0.25) is 0 Å². The van der Waals surface area contributed by atoms with Crippen molar-refractivity contribution in [2.24, 2.45) is 0 Å². The lowest BCUT2D eigenvalue weighted by molar-refractivity contribution is 0.220. The van der Waals surface area contributed by atoms with Crippen molar-refractivity contribution < 1.29 is 19.1 Å². The van der Waals surface area contributed by atoms with E-state index in [2.05, 4.69) is 9.88 Å². The highest BCUT2D eigenvalue weighted by Crippen LogP contribution is 2.46. The third-order valence-corrected chi connectivity index (χ3v) is 6.12. The van der Waals surface area contributed by atoms with Crippen molar-refractivity contribution in [1.29, 1.82) is 0 Å². The summed E-state index contributed by atoms with van der Waals surface area (Å²) in [6.07, 6.45) is 4.03. The maximum Gasteiger partial charge on any atom is 0.362 e. The van der Waals surface area contributed by atoms with Crippen molar-refractivity contribution in [1.82, 2.24) is 9.88 Å². The Morgan fingerprint density at radius 2 is 2.04 bits per heavy atom. The first-order valence-corrected chi connectivity index (χ1v) is 11.2. The quantitative estimate of drug-likeness (QED) is 0.662. The van der Waals surface area contributed by atoms with Gasteiger partial charge in [0.25, 0.3) is 0 Å². The van der Waals surface area contributed by atoms with Crippen molar-refractivity contribution in [3.8, 4) is 17.0 Å². The van der Waals surface area contributed by atoms with E-state index in [1.165, 1.54) is 35.3 Å². The normalized spacial score (nSPS) is 17.4. The van der Waals surface area contributed by atoms with Crippen LogP contribution in [0.3, 0.4) is 0 Å². The number of benzene rings is 1. The van der Waals surface area contributed by atoms with Gasteiger partial charge in [0, 0.05) is 23.4 Å². The third-order valence-electron chi connectivity index (χ3n) is 4.82. The summed E-state index contributed by atoms with van der Waals surface area (Å²) in [6.45, 7) is 3.17. The van der Waals surface area contributed by atoms with Crippen molar-refractivity contribution in [2.45, 2.75) is 32.2 Å². The second-order valence-electron chi connectivity index (χ2n) is 6.65. The van der Waals surface area contributed by atoms with E-state index in [1.54, 1.807) is 11.3 Å². The highest BCUT2D eigenvalue weighted by molar-refractivity contribution is 7.51. The molecule has 134 valence electrons. The molecule has 1 fully saturated rings. The summed E-state index contributed by atoms with van der Waals surface area (Å²) in [7, 11) is -4.21. The molecule has 6 nitrogen and oxygen atoms in total. The van der Waals surface area contributed by atoms with Gasteiger partial charge in [-0.2, -0.15) is 0 Å². The van der Waals surface area contributed by atoms with E-state index >= 15 is 0 Å². The fourth-order valence-electron chi connectivity index (χ4n) is 3.67. The average molecular weight is 380 g/mol. The van der Waals surface area contributed by atoms with Gasteiger partial charge in [-0.25, -0.2) is 4.98 Å². The molecule has 0 bridgehead atoms. The predicted octanol–water partition coefficient (Wildman–Crippen LogP) is 3.21. The molecule has 1 aliphatic carbocycles. The molecule has 0 radical (unpaired) electrons. The van der Waals surface area contributed by atoms with E-state index in [4.69, 9.17) is 14.5 Å². The Balaban J connectivity index is 1.66. The number of hydrogen-bond donors (Lipinski definition) is 2. The molecule has 1 aromatic heterocycles. The van der Waals surface area contributed by atoms with Crippen LogP contribution in [0.25, 0.3) is 11.3 Å². The molecule has 2 aromatic rings. The zero-order valence-corrected chi connectivity index (χ0v) is 15.6. The zero-order valence-electron chi connectivity index (χ0n) is 13.8.